The third-order valence-electron chi connectivity index (χ3n) is 4.88. The van der Waals surface area contributed by atoms with Crippen LogP contribution < -0.4 is 5.73 Å². The molecule has 0 saturated heterocycles. The Morgan fingerprint density at radius 2 is 1.92 bits per heavy atom. The highest BCUT2D eigenvalue weighted by Gasteiger charge is 2.93. The quantitative estimate of drug-likeness (QED) is 0.756. The Morgan fingerprint density at radius 1 is 1.28 bits per heavy atom. The molecule has 8 heteroatoms. The number of aliphatic imine (C=N–C) groups is 1. The second-order valence-electron chi connectivity index (χ2n) is 5.89. The summed E-state index contributed by atoms with van der Waals surface area (Å²) in [6, 6.07) is 8.73. The maximum Gasteiger partial charge on any atom is 0.293 e. The number of halogens is 2. The second-order valence-corrected chi connectivity index (χ2v) is 6.75. The molecule has 6 nitrogen and oxygen atoms in total. The molecule has 2 aliphatic rings. The van der Waals surface area contributed by atoms with E-state index >= 15 is 0 Å². The van der Waals surface area contributed by atoms with Gasteiger partial charge < -0.3 is 15.2 Å². The highest BCUT2D eigenvalue weighted by molar-refractivity contribution is 9.10. The minimum atomic E-state index is -1.66. The summed E-state index contributed by atoms with van der Waals surface area (Å²) >= 11 is 3.14. The van der Waals surface area contributed by atoms with Crippen molar-refractivity contribution >= 4 is 21.8 Å². The Bertz CT molecular complexity index is 840. The number of rotatable bonds is 5. The van der Waals surface area contributed by atoms with Crippen LogP contribution in [0.2, 0.25) is 0 Å². The van der Waals surface area contributed by atoms with Crippen molar-refractivity contribution < 1.29 is 13.9 Å². The molecular weight excluding hydrogens is 391 g/mol. The smallest absolute Gasteiger partial charge is 0.293 e. The van der Waals surface area contributed by atoms with Gasteiger partial charge in [0.25, 0.3) is 5.91 Å². The van der Waals surface area contributed by atoms with Gasteiger partial charge in [0, 0.05) is 19.1 Å². The lowest BCUT2D eigenvalue weighted by atomic mass is 9.93. The van der Waals surface area contributed by atoms with E-state index in [1.165, 1.54) is 12.1 Å². The Balaban J connectivity index is 2.23. The average molecular weight is 407 g/mol. The van der Waals surface area contributed by atoms with Crippen molar-refractivity contribution in [3.8, 4) is 12.1 Å². The molecule has 0 radical (unpaired) electrons. The number of ether oxygens (including phenoxy) is 2. The Morgan fingerprint density at radius 3 is 2.40 bits per heavy atom. The van der Waals surface area contributed by atoms with Gasteiger partial charge in [0.2, 0.25) is 0 Å². The average Bonchev–Trinajstić information content (AvgIpc) is 3.16. The molecule has 2 N–H and O–H groups in total. The van der Waals surface area contributed by atoms with E-state index in [0.29, 0.717) is 5.56 Å². The molecular formula is C17H16BrFN4O2. The van der Waals surface area contributed by atoms with Crippen LogP contribution >= 0.6 is 15.9 Å². The van der Waals surface area contributed by atoms with Crippen molar-refractivity contribution in [2.24, 2.45) is 21.6 Å². The summed E-state index contributed by atoms with van der Waals surface area (Å²) in [6.07, 6.45) is 0. The van der Waals surface area contributed by atoms with Gasteiger partial charge in [-0.05, 0) is 47.5 Å². The van der Waals surface area contributed by atoms with Crippen molar-refractivity contribution in [2.45, 2.75) is 25.7 Å². The summed E-state index contributed by atoms with van der Waals surface area (Å²) in [4.78, 5) is 4.25. The van der Waals surface area contributed by atoms with Crippen molar-refractivity contribution in [1.29, 1.82) is 10.5 Å². The van der Waals surface area contributed by atoms with E-state index in [1.807, 2.05) is 0 Å². The number of nitriles is 2. The van der Waals surface area contributed by atoms with Gasteiger partial charge in [0.05, 0.1) is 16.6 Å². The van der Waals surface area contributed by atoms with Crippen LogP contribution in [-0.4, -0.2) is 25.0 Å². The van der Waals surface area contributed by atoms with Gasteiger partial charge in [-0.15, -0.1) is 0 Å². The van der Waals surface area contributed by atoms with Gasteiger partial charge in [-0.1, -0.05) is 6.07 Å². The van der Waals surface area contributed by atoms with Crippen LogP contribution in [0.5, 0.6) is 0 Å². The van der Waals surface area contributed by atoms with Gasteiger partial charge in [0.15, 0.2) is 5.41 Å². The molecule has 1 fully saturated rings. The van der Waals surface area contributed by atoms with E-state index in [4.69, 9.17) is 15.2 Å². The number of amidine groups is 1. The maximum absolute atomic E-state index is 13.6. The molecule has 3 atom stereocenters. The van der Waals surface area contributed by atoms with E-state index in [9.17, 15) is 14.9 Å². The molecule has 0 amide bonds. The predicted octanol–water partition coefficient (Wildman–Crippen LogP) is 2.80. The maximum atomic E-state index is 13.6. The molecule has 1 saturated carbocycles. The molecule has 0 unspecified atom stereocenters. The summed E-state index contributed by atoms with van der Waals surface area (Å²) in [5, 5.41) is 19.9. The summed E-state index contributed by atoms with van der Waals surface area (Å²) in [5.41, 5.74) is 3.88. The Labute approximate surface area is 153 Å². The zero-order chi connectivity index (χ0) is 18.5. The SMILES string of the molecule is CCOC1(OCC)N=C(N)[C@@]2(C#N)[C@@H](c3ccc(F)c(Br)c3)[C@@]12C#N. The van der Waals surface area contributed by atoms with Gasteiger partial charge >= 0.3 is 0 Å². The second kappa shape index (κ2) is 5.77. The number of fused-ring (bicyclic) bond motifs is 1. The number of hydrogen-bond acceptors (Lipinski definition) is 6. The summed E-state index contributed by atoms with van der Waals surface area (Å²) < 4.78 is 25.3. The van der Waals surface area contributed by atoms with Crippen LogP contribution in [0.3, 0.4) is 0 Å². The van der Waals surface area contributed by atoms with E-state index in [1.54, 1.807) is 19.9 Å². The number of nitrogens with zero attached hydrogens (tertiary/aromatic N) is 3. The summed E-state index contributed by atoms with van der Waals surface area (Å²) in [6.45, 7) is 3.94. The minimum absolute atomic E-state index is 0.00361. The molecule has 25 heavy (non-hydrogen) atoms. The van der Waals surface area contributed by atoms with Crippen LogP contribution in [0.25, 0.3) is 0 Å². The third kappa shape index (κ3) is 1.90. The minimum Gasteiger partial charge on any atom is -0.386 e. The summed E-state index contributed by atoms with van der Waals surface area (Å²) in [5.74, 6) is -2.73. The fourth-order valence-electron chi connectivity index (χ4n) is 3.94. The largest absolute Gasteiger partial charge is 0.386 e. The molecule has 1 aromatic rings. The molecule has 130 valence electrons. The predicted molar refractivity (Wildman–Crippen MR) is 90.5 cm³/mol. The molecule has 1 aliphatic heterocycles. The first-order chi connectivity index (χ1) is 11.9. The van der Waals surface area contributed by atoms with Crippen LogP contribution in [0.1, 0.15) is 25.3 Å². The lowest BCUT2D eigenvalue weighted by Crippen LogP contribution is -2.43. The molecule has 0 bridgehead atoms. The lowest BCUT2D eigenvalue weighted by Gasteiger charge is -2.31. The van der Waals surface area contributed by atoms with E-state index in [-0.39, 0.29) is 23.5 Å². The van der Waals surface area contributed by atoms with Crippen molar-refractivity contribution in [2.75, 3.05) is 13.2 Å². The first kappa shape index (κ1) is 17.8. The van der Waals surface area contributed by atoms with E-state index in [2.05, 4.69) is 33.1 Å². The topological polar surface area (TPSA) is 104 Å². The first-order valence-corrected chi connectivity index (χ1v) is 8.61. The van der Waals surface area contributed by atoms with Crippen LogP contribution in [0.4, 0.5) is 4.39 Å². The highest BCUT2D eigenvalue weighted by Crippen LogP contribution is 2.82. The molecule has 1 aliphatic carbocycles. The number of hydrogen-bond donors (Lipinski definition) is 1. The van der Waals surface area contributed by atoms with E-state index < -0.39 is 28.5 Å². The first-order valence-electron chi connectivity index (χ1n) is 7.81. The lowest BCUT2D eigenvalue weighted by molar-refractivity contribution is -0.255. The van der Waals surface area contributed by atoms with Crippen LogP contribution in [0, 0.1) is 39.3 Å². The molecule has 1 heterocycles. The van der Waals surface area contributed by atoms with Gasteiger partial charge in [-0.25, -0.2) is 9.38 Å². The fourth-order valence-corrected chi connectivity index (χ4v) is 4.34. The molecule has 0 aromatic heterocycles. The number of nitrogens with two attached hydrogens (primary N) is 1. The van der Waals surface area contributed by atoms with Crippen molar-refractivity contribution in [3.05, 3.63) is 34.1 Å². The van der Waals surface area contributed by atoms with Gasteiger partial charge in [-0.2, -0.15) is 10.5 Å². The zero-order valence-electron chi connectivity index (χ0n) is 13.7. The highest BCUT2D eigenvalue weighted by atomic mass is 79.9. The Hall–Kier alpha value is -2.00. The zero-order valence-corrected chi connectivity index (χ0v) is 15.3. The number of benzene rings is 1. The molecule has 1 aromatic carbocycles. The van der Waals surface area contributed by atoms with E-state index in [0.717, 1.165) is 0 Å². The normalized spacial score (nSPS) is 31.6. The Kier molecular flexibility index (Phi) is 4.11. The van der Waals surface area contributed by atoms with Gasteiger partial charge in [0.1, 0.15) is 17.1 Å². The van der Waals surface area contributed by atoms with Crippen LogP contribution in [-0.2, 0) is 9.47 Å². The molecule has 0 spiro atoms. The third-order valence-corrected chi connectivity index (χ3v) is 5.49. The summed E-state index contributed by atoms with van der Waals surface area (Å²) in [7, 11) is 0. The monoisotopic (exact) mass is 406 g/mol. The van der Waals surface area contributed by atoms with Gasteiger partial charge in [-0.3, -0.25) is 0 Å². The van der Waals surface area contributed by atoms with Crippen molar-refractivity contribution in [1.82, 2.24) is 0 Å². The van der Waals surface area contributed by atoms with Crippen molar-refractivity contribution in [3.63, 3.8) is 0 Å². The fraction of sp³-hybridized carbons (Fsp3) is 0.471. The molecule has 3 rings (SSSR count). The van der Waals surface area contributed by atoms with Crippen LogP contribution in [0.15, 0.2) is 27.7 Å². The standard InChI is InChI=1S/C17H16BrFN4O2/c1-3-24-17(25-4-2)16(9-21)13(15(16,8-20)14(22)23-17)10-5-6-12(19)11(18)7-10/h5-7,13H,3-4H2,1-2H3,(H2,22,23)/t13-,15-,16-/m1/s1.